The molecule has 0 saturated carbocycles. The van der Waals surface area contributed by atoms with Gasteiger partial charge in [0.2, 0.25) is 0 Å². The Bertz CT molecular complexity index is 340. The van der Waals surface area contributed by atoms with Gasteiger partial charge in [0.1, 0.15) is 6.04 Å². The predicted octanol–water partition coefficient (Wildman–Crippen LogP) is 2.43. The van der Waals surface area contributed by atoms with E-state index in [1.165, 1.54) is 12.0 Å². The van der Waals surface area contributed by atoms with Crippen LogP contribution in [0.5, 0.6) is 0 Å². The number of unbranched alkanes of at least 4 members (excludes halogenated alkanes) is 1. The average molecular weight is 268 g/mol. The fourth-order valence-electron chi connectivity index (χ4n) is 2.18. The summed E-state index contributed by atoms with van der Waals surface area (Å²) in [4.78, 5) is 22.6. The fraction of sp³-hybridized carbons (Fsp3) is 0.714. The van der Waals surface area contributed by atoms with E-state index in [-0.39, 0.29) is 6.03 Å². The van der Waals surface area contributed by atoms with Gasteiger partial charge in [-0.25, -0.2) is 9.59 Å². The SMILES string of the molecule is CCCC[C@H](NC(=O)NCCC1=CCCC1)C(=O)O. The van der Waals surface area contributed by atoms with Crippen molar-refractivity contribution >= 4 is 12.0 Å². The lowest BCUT2D eigenvalue weighted by Crippen LogP contribution is -2.46. The molecule has 0 spiro atoms. The third-order valence-corrected chi connectivity index (χ3v) is 3.32. The Morgan fingerprint density at radius 2 is 2.26 bits per heavy atom. The second-order valence-electron chi connectivity index (χ2n) is 4.94. The number of hydrogen-bond donors (Lipinski definition) is 3. The Labute approximate surface area is 114 Å². The Kier molecular flexibility index (Phi) is 7.00. The van der Waals surface area contributed by atoms with E-state index >= 15 is 0 Å². The summed E-state index contributed by atoms with van der Waals surface area (Å²) < 4.78 is 0. The van der Waals surface area contributed by atoms with Crippen molar-refractivity contribution in [3.63, 3.8) is 0 Å². The van der Waals surface area contributed by atoms with Gasteiger partial charge in [0, 0.05) is 6.54 Å². The van der Waals surface area contributed by atoms with E-state index in [1.54, 1.807) is 0 Å². The number of rotatable bonds is 8. The van der Waals surface area contributed by atoms with Crippen molar-refractivity contribution in [1.29, 1.82) is 0 Å². The molecular formula is C14H24N2O3. The molecule has 0 aromatic heterocycles. The minimum Gasteiger partial charge on any atom is -0.480 e. The topological polar surface area (TPSA) is 78.4 Å². The number of carbonyl (C=O) groups is 2. The minimum atomic E-state index is -0.970. The van der Waals surface area contributed by atoms with Gasteiger partial charge in [0.15, 0.2) is 0 Å². The van der Waals surface area contributed by atoms with E-state index in [4.69, 9.17) is 5.11 Å². The van der Waals surface area contributed by atoms with Gasteiger partial charge < -0.3 is 15.7 Å². The van der Waals surface area contributed by atoms with Crippen molar-refractivity contribution < 1.29 is 14.7 Å². The molecule has 0 bridgehead atoms. The number of urea groups is 1. The summed E-state index contributed by atoms with van der Waals surface area (Å²) in [6.45, 7) is 2.56. The third-order valence-electron chi connectivity index (χ3n) is 3.32. The molecule has 1 aliphatic carbocycles. The zero-order chi connectivity index (χ0) is 14.1. The number of allylic oxidation sites excluding steroid dienone is 1. The van der Waals surface area contributed by atoms with Crippen LogP contribution in [0.15, 0.2) is 11.6 Å². The van der Waals surface area contributed by atoms with Gasteiger partial charge in [-0.1, -0.05) is 31.4 Å². The highest BCUT2D eigenvalue weighted by atomic mass is 16.4. The Morgan fingerprint density at radius 1 is 1.47 bits per heavy atom. The average Bonchev–Trinajstić information content (AvgIpc) is 2.87. The van der Waals surface area contributed by atoms with Crippen molar-refractivity contribution in [2.24, 2.45) is 0 Å². The number of carboxylic acid groups (broad SMARTS) is 1. The van der Waals surface area contributed by atoms with Crippen molar-refractivity contribution in [1.82, 2.24) is 10.6 Å². The van der Waals surface area contributed by atoms with E-state index in [1.807, 2.05) is 6.92 Å². The third kappa shape index (κ3) is 6.27. The van der Waals surface area contributed by atoms with Crippen LogP contribution in [-0.4, -0.2) is 29.7 Å². The number of hydrogen-bond acceptors (Lipinski definition) is 2. The Morgan fingerprint density at radius 3 is 2.84 bits per heavy atom. The van der Waals surface area contributed by atoms with Gasteiger partial charge in [-0.3, -0.25) is 0 Å². The molecule has 1 rings (SSSR count). The number of carbonyl (C=O) groups excluding carboxylic acids is 1. The van der Waals surface area contributed by atoms with Crippen molar-refractivity contribution in [2.45, 2.75) is 57.9 Å². The van der Waals surface area contributed by atoms with Crippen LogP contribution in [0.4, 0.5) is 4.79 Å². The standard InChI is InChI=1S/C14H24N2O3/c1-2-3-8-12(13(17)18)16-14(19)15-10-9-11-6-4-5-7-11/h6,12H,2-5,7-10H2,1H3,(H,17,18)(H2,15,16,19)/t12-/m0/s1. The predicted molar refractivity (Wildman–Crippen MR) is 74.0 cm³/mol. The molecule has 0 aliphatic heterocycles. The quantitative estimate of drug-likeness (QED) is 0.592. The number of amides is 2. The largest absolute Gasteiger partial charge is 0.480 e. The second-order valence-corrected chi connectivity index (χ2v) is 4.94. The lowest BCUT2D eigenvalue weighted by molar-refractivity contribution is -0.139. The van der Waals surface area contributed by atoms with Gasteiger partial charge in [0.25, 0.3) is 0 Å². The van der Waals surface area contributed by atoms with Gasteiger partial charge in [0.05, 0.1) is 0 Å². The molecule has 0 aromatic rings. The van der Waals surface area contributed by atoms with E-state index in [2.05, 4.69) is 16.7 Å². The number of nitrogens with one attached hydrogen (secondary N) is 2. The molecular weight excluding hydrogens is 244 g/mol. The van der Waals surface area contributed by atoms with Crippen LogP contribution >= 0.6 is 0 Å². The number of carboxylic acids is 1. The monoisotopic (exact) mass is 268 g/mol. The first-order valence-electron chi connectivity index (χ1n) is 7.08. The van der Waals surface area contributed by atoms with Crippen LogP contribution in [0.1, 0.15) is 51.9 Å². The molecule has 19 heavy (non-hydrogen) atoms. The molecule has 5 heteroatoms. The van der Waals surface area contributed by atoms with Crippen molar-refractivity contribution in [3.05, 3.63) is 11.6 Å². The van der Waals surface area contributed by atoms with Crippen molar-refractivity contribution in [2.75, 3.05) is 6.54 Å². The summed E-state index contributed by atoms with van der Waals surface area (Å²) in [5.74, 6) is -0.970. The van der Waals surface area contributed by atoms with Crippen LogP contribution in [0, 0.1) is 0 Å². The summed E-state index contributed by atoms with van der Waals surface area (Å²) >= 11 is 0. The van der Waals surface area contributed by atoms with Crippen LogP contribution in [0.3, 0.4) is 0 Å². The molecule has 0 unspecified atom stereocenters. The first-order valence-corrected chi connectivity index (χ1v) is 7.08. The molecule has 2 amide bonds. The Hall–Kier alpha value is -1.52. The summed E-state index contributed by atoms with van der Waals surface area (Å²) in [6, 6.07) is -1.17. The summed E-state index contributed by atoms with van der Waals surface area (Å²) in [5.41, 5.74) is 1.39. The first-order chi connectivity index (χ1) is 9.13. The fourth-order valence-corrected chi connectivity index (χ4v) is 2.18. The molecule has 0 aromatic carbocycles. The van der Waals surface area contributed by atoms with Gasteiger partial charge in [-0.05, 0) is 32.1 Å². The highest BCUT2D eigenvalue weighted by Crippen LogP contribution is 2.19. The minimum absolute atomic E-state index is 0.387. The van der Waals surface area contributed by atoms with E-state index < -0.39 is 12.0 Å². The summed E-state index contributed by atoms with van der Waals surface area (Å²) in [6.07, 6.45) is 8.74. The Balaban J connectivity index is 2.21. The van der Waals surface area contributed by atoms with Gasteiger partial charge in [-0.15, -0.1) is 0 Å². The van der Waals surface area contributed by atoms with E-state index in [9.17, 15) is 9.59 Å². The van der Waals surface area contributed by atoms with E-state index in [0.717, 1.165) is 32.1 Å². The molecule has 0 radical (unpaired) electrons. The zero-order valence-electron chi connectivity index (χ0n) is 11.6. The van der Waals surface area contributed by atoms with Crippen molar-refractivity contribution in [3.8, 4) is 0 Å². The van der Waals surface area contributed by atoms with Gasteiger partial charge in [-0.2, -0.15) is 0 Å². The zero-order valence-corrected chi connectivity index (χ0v) is 11.6. The maximum Gasteiger partial charge on any atom is 0.326 e. The highest BCUT2D eigenvalue weighted by Gasteiger charge is 2.18. The van der Waals surface area contributed by atoms with Crippen LogP contribution in [-0.2, 0) is 4.79 Å². The smallest absolute Gasteiger partial charge is 0.326 e. The normalized spacial score (nSPS) is 15.7. The van der Waals surface area contributed by atoms with Crippen LogP contribution in [0.25, 0.3) is 0 Å². The molecule has 3 N–H and O–H groups in total. The van der Waals surface area contributed by atoms with Crippen LogP contribution in [0.2, 0.25) is 0 Å². The molecule has 1 aliphatic rings. The number of aliphatic carboxylic acids is 1. The second kappa shape index (κ2) is 8.56. The molecule has 0 fully saturated rings. The molecule has 5 nitrogen and oxygen atoms in total. The maximum absolute atomic E-state index is 11.6. The first kappa shape index (κ1) is 15.5. The molecule has 108 valence electrons. The molecule has 0 saturated heterocycles. The lowest BCUT2D eigenvalue weighted by Gasteiger charge is -2.14. The highest BCUT2D eigenvalue weighted by molar-refractivity contribution is 5.82. The summed E-state index contributed by atoms with van der Waals surface area (Å²) in [5, 5.41) is 14.2. The maximum atomic E-state index is 11.6. The lowest BCUT2D eigenvalue weighted by atomic mass is 10.1. The van der Waals surface area contributed by atoms with E-state index in [0.29, 0.717) is 13.0 Å². The molecule has 1 atom stereocenters. The summed E-state index contributed by atoms with van der Waals surface area (Å²) in [7, 11) is 0. The molecule has 0 heterocycles. The van der Waals surface area contributed by atoms with Crippen LogP contribution < -0.4 is 10.6 Å². The van der Waals surface area contributed by atoms with Gasteiger partial charge >= 0.3 is 12.0 Å².